The molecule has 132 valence electrons. The summed E-state index contributed by atoms with van der Waals surface area (Å²) in [6.45, 7) is 1.84. The van der Waals surface area contributed by atoms with E-state index < -0.39 is 17.2 Å². The fourth-order valence-electron chi connectivity index (χ4n) is 2.24. The number of amides is 1. The number of rotatable bonds is 3. The molecule has 0 saturated heterocycles. The van der Waals surface area contributed by atoms with Crippen molar-refractivity contribution in [2.75, 3.05) is 5.32 Å². The van der Waals surface area contributed by atoms with Crippen LogP contribution in [-0.2, 0) is 0 Å². The maximum Gasteiger partial charge on any atom is 0.279 e. The van der Waals surface area contributed by atoms with E-state index in [9.17, 15) is 14.7 Å². The average molecular weight is 435 g/mol. The Balaban J connectivity index is 1.97. The highest BCUT2D eigenvalue weighted by atomic mass is 79.9. The van der Waals surface area contributed by atoms with Gasteiger partial charge in [0.15, 0.2) is 11.4 Å². The quantitative estimate of drug-likeness (QED) is 0.654. The minimum absolute atomic E-state index is 0.274. The molecule has 0 aliphatic rings. The lowest BCUT2D eigenvalue weighted by Crippen LogP contribution is -2.25. The molecule has 2 N–H and O–H groups in total. The van der Waals surface area contributed by atoms with Crippen molar-refractivity contribution in [3.05, 3.63) is 79.6 Å². The molecule has 0 radical (unpaired) electrons. The molecule has 0 aliphatic carbocycles. The normalized spacial score (nSPS) is 10.6. The summed E-state index contributed by atoms with van der Waals surface area (Å²) in [7, 11) is 0. The lowest BCUT2D eigenvalue weighted by molar-refractivity contribution is 0.101. The summed E-state index contributed by atoms with van der Waals surface area (Å²) in [6.07, 6.45) is 0. The van der Waals surface area contributed by atoms with Crippen LogP contribution < -0.4 is 10.9 Å². The van der Waals surface area contributed by atoms with E-state index in [0.717, 1.165) is 20.8 Å². The molecule has 8 heteroatoms. The van der Waals surface area contributed by atoms with Gasteiger partial charge in [0.25, 0.3) is 11.5 Å². The lowest BCUT2D eigenvalue weighted by Gasteiger charge is -2.10. The zero-order chi connectivity index (χ0) is 18.8. The summed E-state index contributed by atoms with van der Waals surface area (Å²) in [5, 5.41) is 17.1. The third kappa shape index (κ3) is 3.79. The minimum atomic E-state index is -0.659. The van der Waals surface area contributed by atoms with Crippen LogP contribution >= 0.6 is 27.5 Å². The van der Waals surface area contributed by atoms with Gasteiger partial charge in [0.05, 0.1) is 5.69 Å². The average Bonchev–Trinajstić information content (AvgIpc) is 2.59. The summed E-state index contributed by atoms with van der Waals surface area (Å²) in [6, 6.07) is 12.8. The first-order valence-electron chi connectivity index (χ1n) is 7.52. The molecule has 0 atom stereocenters. The largest absolute Gasteiger partial charge is 0.505 e. The maximum absolute atomic E-state index is 12.5. The number of benzene rings is 2. The molecule has 1 amide bonds. The first kappa shape index (κ1) is 18.2. The van der Waals surface area contributed by atoms with Crippen molar-refractivity contribution in [2.45, 2.75) is 6.92 Å². The molecule has 3 rings (SSSR count). The monoisotopic (exact) mass is 433 g/mol. The van der Waals surface area contributed by atoms with Crippen LogP contribution in [0.4, 0.5) is 5.69 Å². The SMILES string of the molecule is Cc1ccc(NC(=O)c2nn(-c3ccc(Br)cc3)c(=O)cc2O)cc1Cl. The van der Waals surface area contributed by atoms with Crippen LogP contribution in [0.5, 0.6) is 5.75 Å². The fraction of sp³-hybridized carbons (Fsp3) is 0.0556. The Kier molecular flexibility index (Phi) is 5.11. The molecule has 0 spiro atoms. The maximum atomic E-state index is 12.5. The van der Waals surface area contributed by atoms with Crippen molar-refractivity contribution >= 4 is 39.1 Å². The number of nitrogens with one attached hydrogen (secondary N) is 1. The van der Waals surface area contributed by atoms with E-state index in [2.05, 4.69) is 26.3 Å². The van der Waals surface area contributed by atoms with Crippen molar-refractivity contribution < 1.29 is 9.90 Å². The molecule has 6 nitrogen and oxygen atoms in total. The van der Waals surface area contributed by atoms with Gasteiger partial charge >= 0.3 is 0 Å². The van der Waals surface area contributed by atoms with E-state index in [1.807, 2.05) is 6.92 Å². The summed E-state index contributed by atoms with van der Waals surface area (Å²) >= 11 is 9.36. The standard InChI is InChI=1S/C18H13BrClN3O3/c1-10-2-5-12(8-14(10)20)21-18(26)17-15(24)9-16(25)23(22-17)13-6-3-11(19)4-7-13/h2-9,24H,1H3,(H,21,26). The number of aryl methyl sites for hydroxylation is 1. The highest BCUT2D eigenvalue weighted by molar-refractivity contribution is 9.10. The van der Waals surface area contributed by atoms with Crippen molar-refractivity contribution in [2.24, 2.45) is 0 Å². The van der Waals surface area contributed by atoms with Gasteiger partial charge in [0.1, 0.15) is 0 Å². The summed E-state index contributed by atoms with van der Waals surface area (Å²) < 4.78 is 1.88. The number of aromatic hydroxyl groups is 1. The molecule has 0 saturated carbocycles. The molecule has 0 aliphatic heterocycles. The molecule has 2 aromatic carbocycles. The highest BCUT2D eigenvalue weighted by Gasteiger charge is 2.17. The number of hydrogen-bond donors (Lipinski definition) is 2. The van der Waals surface area contributed by atoms with Crippen LogP contribution in [0, 0.1) is 6.92 Å². The van der Waals surface area contributed by atoms with Crippen LogP contribution in [0.3, 0.4) is 0 Å². The van der Waals surface area contributed by atoms with Crippen LogP contribution in [0.15, 0.2) is 57.8 Å². The third-order valence-corrected chi connectivity index (χ3v) is 4.56. The Morgan fingerprint density at radius 1 is 1.19 bits per heavy atom. The second-order valence-electron chi connectivity index (χ2n) is 5.52. The van der Waals surface area contributed by atoms with Gasteiger partial charge in [-0.05, 0) is 48.9 Å². The van der Waals surface area contributed by atoms with Crippen molar-refractivity contribution in [1.29, 1.82) is 0 Å². The van der Waals surface area contributed by atoms with Crippen molar-refractivity contribution in [3.8, 4) is 11.4 Å². The zero-order valence-corrected chi connectivity index (χ0v) is 15.9. The van der Waals surface area contributed by atoms with Crippen molar-refractivity contribution in [3.63, 3.8) is 0 Å². The lowest BCUT2D eigenvalue weighted by atomic mass is 10.2. The van der Waals surface area contributed by atoms with Crippen LogP contribution in [-0.4, -0.2) is 20.8 Å². The molecular formula is C18H13BrClN3O3. The first-order valence-corrected chi connectivity index (χ1v) is 8.69. The van der Waals surface area contributed by atoms with Gasteiger partial charge in [-0.2, -0.15) is 9.78 Å². The van der Waals surface area contributed by atoms with Crippen LogP contribution in [0.2, 0.25) is 5.02 Å². The number of anilines is 1. The number of aromatic nitrogens is 2. The Hall–Kier alpha value is -2.64. The molecule has 0 bridgehead atoms. The Labute approximate surface area is 162 Å². The Bertz CT molecular complexity index is 1050. The Morgan fingerprint density at radius 2 is 1.88 bits per heavy atom. The summed E-state index contributed by atoms with van der Waals surface area (Å²) in [4.78, 5) is 24.6. The second-order valence-corrected chi connectivity index (χ2v) is 6.85. The van der Waals surface area contributed by atoms with Gasteiger partial charge in [-0.25, -0.2) is 0 Å². The van der Waals surface area contributed by atoms with Gasteiger partial charge in [-0.15, -0.1) is 0 Å². The second kappa shape index (κ2) is 7.31. The first-order chi connectivity index (χ1) is 12.3. The van der Waals surface area contributed by atoms with E-state index in [0.29, 0.717) is 16.4 Å². The summed E-state index contributed by atoms with van der Waals surface area (Å²) in [5.41, 5.74) is 0.956. The number of halogens is 2. The predicted octanol–water partition coefficient (Wildman–Crippen LogP) is 3.91. The van der Waals surface area contributed by atoms with E-state index in [-0.39, 0.29) is 5.69 Å². The smallest absolute Gasteiger partial charge is 0.279 e. The Morgan fingerprint density at radius 3 is 2.54 bits per heavy atom. The van der Waals surface area contributed by atoms with E-state index in [1.54, 1.807) is 42.5 Å². The van der Waals surface area contributed by atoms with Crippen LogP contribution in [0.25, 0.3) is 5.69 Å². The van der Waals surface area contributed by atoms with Gasteiger partial charge in [0.2, 0.25) is 0 Å². The molecule has 0 unspecified atom stereocenters. The van der Waals surface area contributed by atoms with Gasteiger partial charge in [-0.3, -0.25) is 9.59 Å². The van der Waals surface area contributed by atoms with Gasteiger partial charge in [0, 0.05) is 21.2 Å². The number of nitrogens with zero attached hydrogens (tertiary/aromatic N) is 2. The molecular weight excluding hydrogens is 422 g/mol. The molecule has 1 aromatic heterocycles. The number of carbonyl (C=O) groups excluding carboxylic acids is 1. The summed E-state index contributed by atoms with van der Waals surface area (Å²) in [5.74, 6) is -1.16. The van der Waals surface area contributed by atoms with E-state index in [4.69, 9.17) is 11.6 Å². The minimum Gasteiger partial charge on any atom is -0.505 e. The van der Waals surface area contributed by atoms with Gasteiger partial charge in [-0.1, -0.05) is 33.6 Å². The molecule has 0 fully saturated rings. The third-order valence-electron chi connectivity index (χ3n) is 3.63. The zero-order valence-electron chi connectivity index (χ0n) is 13.5. The van der Waals surface area contributed by atoms with E-state index in [1.165, 1.54) is 0 Å². The molecule has 1 heterocycles. The predicted molar refractivity (Wildman–Crippen MR) is 103 cm³/mol. The fourth-order valence-corrected chi connectivity index (χ4v) is 2.68. The van der Waals surface area contributed by atoms with Gasteiger partial charge < -0.3 is 10.4 Å². The highest BCUT2D eigenvalue weighted by Crippen LogP contribution is 2.21. The molecule has 3 aromatic rings. The molecule has 26 heavy (non-hydrogen) atoms. The number of carbonyl (C=O) groups is 1. The number of hydrogen-bond acceptors (Lipinski definition) is 4. The van der Waals surface area contributed by atoms with E-state index >= 15 is 0 Å². The van der Waals surface area contributed by atoms with Crippen LogP contribution in [0.1, 0.15) is 16.1 Å². The topological polar surface area (TPSA) is 84.2 Å². The van der Waals surface area contributed by atoms with Crippen molar-refractivity contribution in [1.82, 2.24) is 9.78 Å².